The first kappa shape index (κ1) is 14.3. The zero-order valence-corrected chi connectivity index (χ0v) is 11.7. The minimum absolute atomic E-state index is 0.102. The molecule has 2 aromatic rings. The van der Waals surface area contributed by atoms with Crippen LogP contribution in [0.4, 0.5) is 0 Å². The first-order valence-corrected chi connectivity index (χ1v) is 6.69. The summed E-state index contributed by atoms with van der Waals surface area (Å²) in [7, 11) is 0. The van der Waals surface area contributed by atoms with Crippen LogP contribution in [0.5, 0.6) is 5.75 Å². The summed E-state index contributed by atoms with van der Waals surface area (Å²) >= 11 is 0. The molecule has 106 valence electrons. The highest BCUT2D eigenvalue weighted by molar-refractivity contribution is 5.28. The van der Waals surface area contributed by atoms with Gasteiger partial charge in [-0.15, -0.1) is 0 Å². The van der Waals surface area contributed by atoms with E-state index < -0.39 is 6.10 Å². The molecule has 0 spiro atoms. The van der Waals surface area contributed by atoms with Crippen molar-refractivity contribution in [2.45, 2.75) is 26.5 Å². The summed E-state index contributed by atoms with van der Waals surface area (Å²) in [5, 5.41) is 10.2. The molecule has 4 heteroatoms. The number of rotatable bonds is 5. The van der Waals surface area contributed by atoms with Crippen LogP contribution in [-0.2, 0) is 6.54 Å². The Morgan fingerprint density at radius 2 is 1.90 bits per heavy atom. The highest BCUT2D eigenvalue weighted by Gasteiger charge is 2.10. The SMILES string of the molecule is CCOc1ccc(C(O)Cn2c(C)cccc2=O)cc1. The summed E-state index contributed by atoms with van der Waals surface area (Å²) in [6, 6.07) is 12.4. The molecule has 1 aromatic heterocycles. The number of aryl methyl sites for hydroxylation is 1. The van der Waals surface area contributed by atoms with Gasteiger partial charge in [-0.25, -0.2) is 0 Å². The van der Waals surface area contributed by atoms with Crippen LogP contribution in [0.15, 0.2) is 47.3 Å². The largest absolute Gasteiger partial charge is 0.494 e. The van der Waals surface area contributed by atoms with Crippen molar-refractivity contribution in [1.82, 2.24) is 4.57 Å². The lowest BCUT2D eigenvalue weighted by molar-refractivity contribution is 0.154. The summed E-state index contributed by atoms with van der Waals surface area (Å²) < 4.78 is 6.93. The van der Waals surface area contributed by atoms with E-state index in [1.807, 2.05) is 44.2 Å². The number of nitrogens with zero attached hydrogens (tertiary/aromatic N) is 1. The topological polar surface area (TPSA) is 51.5 Å². The molecule has 0 amide bonds. The molecule has 1 heterocycles. The van der Waals surface area contributed by atoms with E-state index in [1.165, 1.54) is 6.07 Å². The molecule has 20 heavy (non-hydrogen) atoms. The van der Waals surface area contributed by atoms with Gasteiger partial charge in [-0.1, -0.05) is 18.2 Å². The molecule has 0 fully saturated rings. The van der Waals surface area contributed by atoms with Crippen LogP contribution >= 0.6 is 0 Å². The van der Waals surface area contributed by atoms with Crippen molar-refractivity contribution in [3.63, 3.8) is 0 Å². The van der Waals surface area contributed by atoms with Crippen molar-refractivity contribution in [1.29, 1.82) is 0 Å². The van der Waals surface area contributed by atoms with Crippen molar-refractivity contribution in [3.8, 4) is 5.75 Å². The van der Waals surface area contributed by atoms with Crippen molar-refractivity contribution < 1.29 is 9.84 Å². The van der Waals surface area contributed by atoms with Gasteiger partial charge in [0.2, 0.25) is 0 Å². The van der Waals surface area contributed by atoms with Crippen LogP contribution in [0.2, 0.25) is 0 Å². The molecule has 0 bridgehead atoms. The number of ether oxygens (including phenoxy) is 1. The van der Waals surface area contributed by atoms with Gasteiger partial charge in [0.25, 0.3) is 5.56 Å². The van der Waals surface area contributed by atoms with E-state index in [2.05, 4.69) is 0 Å². The molecule has 0 aliphatic rings. The molecule has 0 aliphatic carbocycles. The Morgan fingerprint density at radius 1 is 1.20 bits per heavy atom. The molecule has 1 atom stereocenters. The summed E-state index contributed by atoms with van der Waals surface area (Å²) in [6.45, 7) is 4.64. The van der Waals surface area contributed by atoms with E-state index in [-0.39, 0.29) is 12.1 Å². The Kier molecular flexibility index (Phi) is 4.58. The van der Waals surface area contributed by atoms with Crippen LogP contribution in [0, 0.1) is 6.92 Å². The van der Waals surface area contributed by atoms with Gasteiger partial charge in [0.15, 0.2) is 0 Å². The number of aliphatic hydroxyl groups excluding tert-OH is 1. The molecule has 0 radical (unpaired) electrons. The highest BCUT2D eigenvalue weighted by Crippen LogP contribution is 2.19. The second-order valence-electron chi connectivity index (χ2n) is 4.63. The van der Waals surface area contributed by atoms with Gasteiger partial charge < -0.3 is 14.4 Å². The van der Waals surface area contributed by atoms with Crippen molar-refractivity contribution in [3.05, 3.63) is 64.1 Å². The zero-order chi connectivity index (χ0) is 14.5. The third kappa shape index (κ3) is 3.27. The lowest BCUT2D eigenvalue weighted by atomic mass is 10.1. The Labute approximate surface area is 118 Å². The molecule has 0 aliphatic heterocycles. The molecule has 1 unspecified atom stereocenters. The first-order valence-electron chi connectivity index (χ1n) is 6.69. The summed E-state index contributed by atoms with van der Waals surface area (Å²) in [6.07, 6.45) is -0.718. The molecule has 2 rings (SSSR count). The maximum absolute atomic E-state index is 11.8. The van der Waals surface area contributed by atoms with Crippen LogP contribution in [0.3, 0.4) is 0 Å². The summed E-state index contributed by atoms with van der Waals surface area (Å²) in [5.74, 6) is 0.775. The molecule has 0 saturated carbocycles. The third-order valence-electron chi connectivity index (χ3n) is 3.20. The highest BCUT2D eigenvalue weighted by atomic mass is 16.5. The predicted molar refractivity (Wildman–Crippen MR) is 78.0 cm³/mol. The fourth-order valence-electron chi connectivity index (χ4n) is 2.09. The molecule has 4 nitrogen and oxygen atoms in total. The number of benzene rings is 1. The average Bonchev–Trinajstić information content (AvgIpc) is 2.44. The molecular formula is C16H19NO3. The standard InChI is InChI=1S/C16H19NO3/c1-3-20-14-9-7-13(8-10-14)15(18)11-17-12(2)5-4-6-16(17)19/h4-10,15,18H,3,11H2,1-2H3. The fourth-order valence-corrected chi connectivity index (χ4v) is 2.09. The van der Waals surface area contributed by atoms with E-state index in [0.717, 1.165) is 17.0 Å². The smallest absolute Gasteiger partial charge is 0.250 e. The van der Waals surface area contributed by atoms with E-state index in [9.17, 15) is 9.90 Å². The van der Waals surface area contributed by atoms with Crippen LogP contribution < -0.4 is 10.3 Å². The number of pyridine rings is 1. The molecular weight excluding hydrogens is 254 g/mol. The second-order valence-corrected chi connectivity index (χ2v) is 4.63. The second kappa shape index (κ2) is 6.39. The van der Waals surface area contributed by atoms with Gasteiger partial charge in [0.05, 0.1) is 19.3 Å². The number of hydrogen-bond donors (Lipinski definition) is 1. The van der Waals surface area contributed by atoms with Crippen LogP contribution in [0.25, 0.3) is 0 Å². The first-order chi connectivity index (χ1) is 9.61. The normalized spacial score (nSPS) is 12.2. The Balaban J connectivity index is 2.15. The molecule has 0 saturated heterocycles. The van der Waals surface area contributed by atoms with Crippen molar-refractivity contribution >= 4 is 0 Å². The van der Waals surface area contributed by atoms with Gasteiger partial charge in [0.1, 0.15) is 5.75 Å². The Morgan fingerprint density at radius 3 is 2.50 bits per heavy atom. The number of aromatic nitrogens is 1. The van der Waals surface area contributed by atoms with E-state index in [4.69, 9.17) is 4.74 Å². The van der Waals surface area contributed by atoms with Crippen LogP contribution in [-0.4, -0.2) is 16.3 Å². The van der Waals surface area contributed by atoms with Gasteiger partial charge in [-0.05, 0) is 37.6 Å². The van der Waals surface area contributed by atoms with Crippen molar-refractivity contribution in [2.24, 2.45) is 0 Å². The summed E-state index contributed by atoms with van der Waals surface area (Å²) in [5.41, 5.74) is 1.50. The zero-order valence-electron chi connectivity index (χ0n) is 11.7. The van der Waals surface area contributed by atoms with E-state index in [1.54, 1.807) is 10.6 Å². The van der Waals surface area contributed by atoms with E-state index >= 15 is 0 Å². The fraction of sp³-hybridized carbons (Fsp3) is 0.312. The van der Waals surface area contributed by atoms with Crippen molar-refractivity contribution in [2.75, 3.05) is 6.61 Å². The van der Waals surface area contributed by atoms with Gasteiger partial charge in [0, 0.05) is 11.8 Å². The van der Waals surface area contributed by atoms with Gasteiger partial charge in [-0.3, -0.25) is 4.79 Å². The Hall–Kier alpha value is -2.07. The molecule has 1 aromatic carbocycles. The lowest BCUT2D eigenvalue weighted by Crippen LogP contribution is -2.24. The quantitative estimate of drug-likeness (QED) is 0.909. The summed E-state index contributed by atoms with van der Waals surface area (Å²) in [4.78, 5) is 11.8. The lowest BCUT2D eigenvalue weighted by Gasteiger charge is -2.15. The third-order valence-corrected chi connectivity index (χ3v) is 3.20. The maximum Gasteiger partial charge on any atom is 0.250 e. The minimum atomic E-state index is -0.718. The van der Waals surface area contributed by atoms with Gasteiger partial charge >= 0.3 is 0 Å². The van der Waals surface area contributed by atoms with Gasteiger partial charge in [-0.2, -0.15) is 0 Å². The van der Waals surface area contributed by atoms with Crippen LogP contribution in [0.1, 0.15) is 24.3 Å². The number of hydrogen-bond acceptors (Lipinski definition) is 3. The monoisotopic (exact) mass is 273 g/mol. The maximum atomic E-state index is 11.8. The Bertz CT molecular complexity index is 616. The minimum Gasteiger partial charge on any atom is -0.494 e. The predicted octanol–water partition coefficient (Wildman–Crippen LogP) is 2.29. The molecule has 1 N–H and O–H groups in total. The number of aliphatic hydroxyl groups is 1. The average molecular weight is 273 g/mol. The van der Waals surface area contributed by atoms with E-state index in [0.29, 0.717) is 6.61 Å².